The SMILES string of the molecule is CCCN(CC1COCCC1NCC)C(C)C. The molecule has 0 saturated carbocycles. The minimum Gasteiger partial charge on any atom is -0.381 e. The predicted octanol–water partition coefficient (Wildman–Crippen LogP) is 2.12. The molecule has 1 fully saturated rings. The third-order valence-corrected chi connectivity index (χ3v) is 3.65. The van der Waals surface area contributed by atoms with Crippen LogP contribution in [0.2, 0.25) is 0 Å². The van der Waals surface area contributed by atoms with E-state index in [2.05, 4.69) is 37.9 Å². The third kappa shape index (κ3) is 4.94. The minimum atomic E-state index is 0.638. The Bertz CT molecular complexity index is 195. The van der Waals surface area contributed by atoms with E-state index in [0.717, 1.165) is 26.2 Å². The van der Waals surface area contributed by atoms with Crippen molar-refractivity contribution in [3.8, 4) is 0 Å². The Balaban J connectivity index is 2.49. The summed E-state index contributed by atoms with van der Waals surface area (Å²) < 4.78 is 5.65. The summed E-state index contributed by atoms with van der Waals surface area (Å²) in [7, 11) is 0. The van der Waals surface area contributed by atoms with Gasteiger partial charge in [0.1, 0.15) is 0 Å². The van der Waals surface area contributed by atoms with Crippen LogP contribution in [0, 0.1) is 5.92 Å². The zero-order valence-corrected chi connectivity index (χ0v) is 12.0. The standard InChI is InChI=1S/C14H30N2O/c1-5-8-16(12(3)4)10-13-11-17-9-7-14(13)15-6-2/h12-15H,5-11H2,1-4H3. The molecule has 2 atom stereocenters. The summed E-state index contributed by atoms with van der Waals surface area (Å²) in [6.07, 6.45) is 2.40. The topological polar surface area (TPSA) is 24.5 Å². The molecule has 17 heavy (non-hydrogen) atoms. The van der Waals surface area contributed by atoms with Gasteiger partial charge < -0.3 is 15.0 Å². The molecule has 0 aliphatic carbocycles. The first-order chi connectivity index (χ1) is 8.19. The van der Waals surface area contributed by atoms with Crippen molar-refractivity contribution in [2.24, 2.45) is 5.92 Å². The molecule has 0 aromatic heterocycles. The molecule has 3 heteroatoms. The highest BCUT2D eigenvalue weighted by Gasteiger charge is 2.27. The average Bonchev–Trinajstić information content (AvgIpc) is 2.31. The molecule has 0 amide bonds. The summed E-state index contributed by atoms with van der Waals surface area (Å²) in [4.78, 5) is 2.59. The van der Waals surface area contributed by atoms with Gasteiger partial charge in [0.05, 0.1) is 6.61 Å². The highest BCUT2D eigenvalue weighted by Crippen LogP contribution is 2.17. The van der Waals surface area contributed by atoms with Gasteiger partial charge in [-0.25, -0.2) is 0 Å². The fourth-order valence-electron chi connectivity index (χ4n) is 2.66. The number of nitrogens with zero attached hydrogens (tertiary/aromatic N) is 1. The van der Waals surface area contributed by atoms with Crippen molar-refractivity contribution in [1.82, 2.24) is 10.2 Å². The van der Waals surface area contributed by atoms with Crippen molar-refractivity contribution in [2.75, 3.05) is 32.8 Å². The van der Waals surface area contributed by atoms with Gasteiger partial charge in [0.15, 0.2) is 0 Å². The number of hydrogen-bond acceptors (Lipinski definition) is 3. The normalized spacial score (nSPS) is 25.8. The van der Waals surface area contributed by atoms with Gasteiger partial charge in [-0.2, -0.15) is 0 Å². The molecule has 1 saturated heterocycles. The van der Waals surface area contributed by atoms with E-state index in [1.54, 1.807) is 0 Å². The summed E-state index contributed by atoms with van der Waals surface area (Å²) in [5.41, 5.74) is 0. The lowest BCUT2D eigenvalue weighted by molar-refractivity contribution is 0.0126. The molecule has 0 spiro atoms. The molecular formula is C14H30N2O. The van der Waals surface area contributed by atoms with E-state index in [1.807, 2.05) is 0 Å². The summed E-state index contributed by atoms with van der Waals surface area (Å²) in [5.74, 6) is 0.651. The van der Waals surface area contributed by atoms with Crippen LogP contribution in [0.5, 0.6) is 0 Å². The second kappa shape index (κ2) is 8.06. The van der Waals surface area contributed by atoms with Crippen molar-refractivity contribution in [2.45, 2.75) is 52.6 Å². The van der Waals surface area contributed by atoms with E-state index in [0.29, 0.717) is 18.0 Å². The first kappa shape index (κ1) is 14.9. The Labute approximate surface area is 107 Å². The zero-order chi connectivity index (χ0) is 12.7. The van der Waals surface area contributed by atoms with Gasteiger partial charge in [-0.1, -0.05) is 13.8 Å². The van der Waals surface area contributed by atoms with Crippen LogP contribution in [0.3, 0.4) is 0 Å². The smallest absolute Gasteiger partial charge is 0.0521 e. The van der Waals surface area contributed by atoms with E-state index in [-0.39, 0.29) is 0 Å². The van der Waals surface area contributed by atoms with Crippen molar-refractivity contribution in [3.63, 3.8) is 0 Å². The van der Waals surface area contributed by atoms with Crippen molar-refractivity contribution in [3.05, 3.63) is 0 Å². The van der Waals surface area contributed by atoms with Crippen LogP contribution in [-0.4, -0.2) is 49.8 Å². The van der Waals surface area contributed by atoms with Crippen LogP contribution in [0.4, 0.5) is 0 Å². The molecule has 3 nitrogen and oxygen atoms in total. The van der Waals surface area contributed by atoms with Gasteiger partial charge in [-0.15, -0.1) is 0 Å². The van der Waals surface area contributed by atoms with Crippen LogP contribution < -0.4 is 5.32 Å². The predicted molar refractivity (Wildman–Crippen MR) is 73.4 cm³/mol. The Morgan fingerprint density at radius 3 is 2.71 bits per heavy atom. The van der Waals surface area contributed by atoms with Crippen LogP contribution in [-0.2, 0) is 4.74 Å². The molecule has 0 bridgehead atoms. The molecule has 0 radical (unpaired) electrons. The quantitative estimate of drug-likeness (QED) is 0.740. The molecular weight excluding hydrogens is 212 g/mol. The fraction of sp³-hybridized carbons (Fsp3) is 1.00. The van der Waals surface area contributed by atoms with Crippen LogP contribution in [0.15, 0.2) is 0 Å². The van der Waals surface area contributed by atoms with Crippen molar-refractivity contribution >= 4 is 0 Å². The maximum atomic E-state index is 5.65. The van der Waals surface area contributed by atoms with Gasteiger partial charge in [-0.05, 0) is 39.8 Å². The molecule has 0 aromatic carbocycles. The molecule has 1 aliphatic heterocycles. The second-order valence-electron chi connectivity index (χ2n) is 5.38. The number of rotatable bonds is 7. The fourth-order valence-corrected chi connectivity index (χ4v) is 2.66. The van der Waals surface area contributed by atoms with Gasteiger partial charge in [0.2, 0.25) is 0 Å². The molecule has 0 aromatic rings. The Morgan fingerprint density at radius 2 is 2.12 bits per heavy atom. The van der Waals surface area contributed by atoms with Crippen molar-refractivity contribution in [1.29, 1.82) is 0 Å². The van der Waals surface area contributed by atoms with E-state index >= 15 is 0 Å². The lowest BCUT2D eigenvalue weighted by atomic mass is 9.94. The average molecular weight is 242 g/mol. The third-order valence-electron chi connectivity index (χ3n) is 3.65. The summed E-state index contributed by atoms with van der Waals surface area (Å²) in [6.45, 7) is 14.3. The number of hydrogen-bond donors (Lipinski definition) is 1. The Hall–Kier alpha value is -0.120. The molecule has 1 rings (SSSR count). The monoisotopic (exact) mass is 242 g/mol. The highest BCUT2D eigenvalue weighted by molar-refractivity contribution is 4.82. The van der Waals surface area contributed by atoms with Gasteiger partial charge in [-0.3, -0.25) is 0 Å². The molecule has 1 aliphatic rings. The molecule has 2 unspecified atom stereocenters. The van der Waals surface area contributed by atoms with Gasteiger partial charge >= 0.3 is 0 Å². The molecule has 1 heterocycles. The molecule has 1 N–H and O–H groups in total. The van der Waals surface area contributed by atoms with Crippen LogP contribution in [0.1, 0.15) is 40.5 Å². The van der Waals surface area contributed by atoms with E-state index in [9.17, 15) is 0 Å². The maximum Gasteiger partial charge on any atom is 0.0521 e. The summed E-state index contributed by atoms with van der Waals surface area (Å²) in [5, 5.41) is 3.61. The second-order valence-corrected chi connectivity index (χ2v) is 5.38. The Morgan fingerprint density at radius 1 is 1.35 bits per heavy atom. The molecule has 102 valence electrons. The van der Waals surface area contributed by atoms with Crippen LogP contribution in [0.25, 0.3) is 0 Å². The van der Waals surface area contributed by atoms with E-state index in [4.69, 9.17) is 4.74 Å². The van der Waals surface area contributed by atoms with Crippen LogP contribution >= 0.6 is 0 Å². The summed E-state index contributed by atoms with van der Waals surface area (Å²) >= 11 is 0. The number of ether oxygens (including phenoxy) is 1. The summed E-state index contributed by atoms with van der Waals surface area (Å²) in [6, 6.07) is 1.28. The minimum absolute atomic E-state index is 0.638. The largest absolute Gasteiger partial charge is 0.381 e. The lowest BCUT2D eigenvalue weighted by Crippen LogP contribution is -2.49. The van der Waals surface area contributed by atoms with Crippen molar-refractivity contribution < 1.29 is 4.74 Å². The highest BCUT2D eigenvalue weighted by atomic mass is 16.5. The number of nitrogens with one attached hydrogen (secondary N) is 1. The zero-order valence-electron chi connectivity index (χ0n) is 12.0. The first-order valence-electron chi connectivity index (χ1n) is 7.24. The first-order valence-corrected chi connectivity index (χ1v) is 7.24. The lowest BCUT2D eigenvalue weighted by Gasteiger charge is -2.37. The van der Waals surface area contributed by atoms with E-state index < -0.39 is 0 Å². The Kier molecular flexibility index (Phi) is 7.09. The van der Waals surface area contributed by atoms with Gasteiger partial charge in [0.25, 0.3) is 0 Å². The van der Waals surface area contributed by atoms with Gasteiger partial charge in [0, 0.05) is 31.2 Å². The van der Waals surface area contributed by atoms with E-state index in [1.165, 1.54) is 19.5 Å². The maximum absolute atomic E-state index is 5.65.